The number of methoxy groups -OCH3 is 2. The summed E-state index contributed by atoms with van der Waals surface area (Å²) in [5, 5.41) is 11.0. The molecule has 0 heterocycles. The maximum atomic E-state index is 11.2. The highest BCUT2D eigenvalue weighted by Gasteiger charge is 2.20. The SMILES string of the molecule is COc1cc(COC(=O)OCCS)c([N+](=O)[O-])cc1OC. The maximum absolute atomic E-state index is 11.2. The van der Waals surface area contributed by atoms with Crippen molar-refractivity contribution >= 4 is 24.5 Å². The Kier molecular flexibility index (Phi) is 6.60. The number of benzene rings is 1. The fraction of sp³-hybridized carbons (Fsp3) is 0.417. The van der Waals surface area contributed by atoms with E-state index in [0.29, 0.717) is 11.5 Å². The second-order valence-electron chi connectivity index (χ2n) is 3.70. The molecule has 0 aromatic heterocycles. The quantitative estimate of drug-likeness (QED) is 0.356. The van der Waals surface area contributed by atoms with Crippen molar-refractivity contribution in [2.45, 2.75) is 6.61 Å². The summed E-state index contributed by atoms with van der Waals surface area (Å²) in [4.78, 5) is 21.7. The minimum absolute atomic E-state index is 0.0932. The third-order valence-corrected chi connectivity index (χ3v) is 2.62. The molecule has 1 rings (SSSR count). The van der Waals surface area contributed by atoms with Crippen LogP contribution in [0.4, 0.5) is 10.5 Å². The zero-order valence-corrected chi connectivity index (χ0v) is 12.4. The summed E-state index contributed by atoms with van der Waals surface area (Å²) in [6.45, 7) is -0.224. The first kappa shape index (κ1) is 16.9. The van der Waals surface area contributed by atoms with E-state index in [4.69, 9.17) is 14.2 Å². The molecule has 0 spiro atoms. The van der Waals surface area contributed by atoms with Crippen LogP contribution in [-0.4, -0.2) is 37.7 Å². The first-order chi connectivity index (χ1) is 10.0. The standard InChI is InChI=1S/C12H15NO7S/c1-17-10-5-8(7-20-12(14)19-3-4-21)9(13(15)16)6-11(10)18-2/h5-6,21H,3-4,7H2,1-2H3. The van der Waals surface area contributed by atoms with Gasteiger partial charge in [-0.2, -0.15) is 12.6 Å². The van der Waals surface area contributed by atoms with Gasteiger partial charge in [-0.1, -0.05) is 0 Å². The lowest BCUT2D eigenvalue weighted by molar-refractivity contribution is -0.385. The van der Waals surface area contributed by atoms with Gasteiger partial charge in [0, 0.05) is 5.75 Å². The van der Waals surface area contributed by atoms with Gasteiger partial charge in [0.2, 0.25) is 0 Å². The van der Waals surface area contributed by atoms with Crippen LogP contribution in [0.25, 0.3) is 0 Å². The van der Waals surface area contributed by atoms with Crippen molar-refractivity contribution in [2.24, 2.45) is 0 Å². The number of thiol groups is 1. The Hall–Kier alpha value is -2.16. The number of carbonyl (C=O) groups excluding carboxylic acids is 1. The van der Waals surface area contributed by atoms with E-state index in [1.54, 1.807) is 0 Å². The van der Waals surface area contributed by atoms with Crippen molar-refractivity contribution in [3.05, 3.63) is 27.8 Å². The number of carbonyl (C=O) groups is 1. The second-order valence-corrected chi connectivity index (χ2v) is 4.15. The van der Waals surface area contributed by atoms with Gasteiger partial charge >= 0.3 is 6.16 Å². The number of ether oxygens (including phenoxy) is 4. The Bertz CT molecular complexity index is 521. The Balaban J connectivity index is 2.93. The molecule has 0 N–H and O–H groups in total. The third kappa shape index (κ3) is 4.71. The molecule has 0 saturated carbocycles. The Morgan fingerprint density at radius 2 is 1.86 bits per heavy atom. The van der Waals surface area contributed by atoms with Crippen LogP contribution < -0.4 is 9.47 Å². The average Bonchev–Trinajstić information content (AvgIpc) is 2.49. The second kappa shape index (κ2) is 8.20. The minimum atomic E-state index is -0.923. The van der Waals surface area contributed by atoms with Crippen LogP contribution >= 0.6 is 12.6 Å². The summed E-state index contributed by atoms with van der Waals surface area (Å²) in [6.07, 6.45) is -0.923. The van der Waals surface area contributed by atoms with Crippen molar-refractivity contribution in [2.75, 3.05) is 26.6 Å². The molecule has 0 radical (unpaired) electrons. The Morgan fingerprint density at radius 1 is 1.24 bits per heavy atom. The van der Waals surface area contributed by atoms with E-state index in [1.165, 1.54) is 26.4 Å². The van der Waals surface area contributed by atoms with E-state index < -0.39 is 11.1 Å². The van der Waals surface area contributed by atoms with E-state index in [2.05, 4.69) is 17.4 Å². The van der Waals surface area contributed by atoms with Gasteiger partial charge in [0.25, 0.3) is 5.69 Å². The van der Waals surface area contributed by atoms with Crippen molar-refractivity contribution < 1.29 is 28.7 Å². The van der Waals surface area contributed by atoms with Gasteiger partial charge < -0.3 is 18.9 Å². The molecule has 0 aliphatic rings. The average molecular weight is 317 g/mol. The summed E-state index contributed by atoms with van der Waals surface area (Å²) in [5.41, 5.74) is -0.0740. The van der Waals surface area contributed by atoms with Gasteiger partial charge in [-0.05, 0) is 6.07 Å². The van der Waals surface area contributed by atoms with E-state index >= 15 is 0 Å². The Labute approximate surface area is 126 Å². The van der Waals surface area contributed by atoms with Crippen molar-refractivity contribution in [1.82, 2.24) is 0 Å². The molecule has 1 aromatic rings. The normalized spacial score (nSPS) is 9.86. The van der Waals surface area contributed by atoms with Crippen LogP contribution in [0.3, 0.4) is 0 Å². The summed E-state index contributed by atoms with van der Waals surface area (Å²) < 4.78 is 19.5. The largest absolute Gasteiger partial charge is 0.508 e. The summed E-state index contributed by atoms with van der Waals surface area (Å²) in [6, 6.07) is 2.58. The molecule has 9 heteroatoms. The molecule has 8 nitrogen and oxygen atoms in total. The van der Waals surface area contributed by atoms with Crippen molar-refractivity contribution in [3.63, 3.8) is 0 Å². The van der Waals surface area contributed by atoms with Crippen LogP contribution in [0.5, 0.6) is 11.5 Å². The first-order valence-corrected chi connectivity index (χ1v) is 6.46. The Morgan fingerprint density at radius 3 is 2.38 bits per heavy atom. The number of nitrogens with zero attached hydrogens (tertiary/aromatic N) is 1. The predicted molar refractivity (Wildman–Crippen MR) is 76.2 cm³/mol. The van der Waals surface area contributed by atoms with Crippen LogP contribution in [-0.2, 0) is 16.1 Å². The highest BCUT2D eigenvalue weighted by molar-refractivity contribution is 7.80. The number of hydrogen-bond donors (Lipinski definition) is 1. The molecule has 0 amide bonds. The zero-order chi connectivity index (χ0) is 15.8. The van der Waals surface area contributed by atoms with Gasteiger partial charge in [0.15, 0.2) is 11.5 Å². The fourth-order valence-corrected chi connectivity index (χ4v) is 1.59. The smallest absolute Gasteiger partial charge is 0.493 e. The topological polar surface area (TPSA) is 97.1 Å². The van der Waals surface area contributed by atoms with Gasteiger partial charge in [-0.15, -0.1) is 0 Å². The van der Waals surface area contributed by atoms with Crippen LogP contribution in [0.2, 0.25) is 0 Å². The van der Waals surface area contributed by atoms with E-state index in [9.17, 15) is 14.9 Å². The predicted octanol–water partition coefficient (Wildman–Crippen LogP) is 2.19. The van der Waals surface area contributed by atoms with Gasteiger partial charge in [-0.3, -0.25) is 10.1 Å². The summed E-state index contributed by atoms with van der Waals surface area (Å²) in [7, 11) is 2.77. The molecule has 0 aliphatic heterocycles. The van der Waals surface area contributed by atoms with Crippen molar-refractivity contribution in [1.29, 1.82) is 0 Å². The minimum Gasteiger partial charge on any atom is -0.493 e. The molecule has 0 fully saturated rings. The molecule has 0 saturated heterocycles. The number of nitro benzene ring substituents is 1. The van der Waals surface area contributed by atoms with Crippen molar-refractivity contribution in [3.8, 4) is 11.5 Å². The van der Waals surface area contributed by atoms with Gasteiger partial charge in [0.1, 0.15) is 13.2 Å². The van der Waals surface area contributed by atoms with E-state index in [0.717, 1.165) is 0 Å². The highest BCUT2D eigenvalue weighted by atomic mass is 32.1. The van der Waals surface area contributed by atoms with Crippen LogP contribution in [0.1, 0.15) is 5.56 Å². The zero-order valence-electron chi connectivity index (χ0n) is 11.5. The molecule has 0 unspecified atom stereocenters. The lowest BCUT2D eigenvalue weighted by atomic mass is 10.1. The lowest BCUT2D eigenvalue weighted by Crippen LogP contribution is -2.10. The molecular formula is C12H15NO7S. The monoisotopic (exact) mass is 317 g/mol. The molecule has 0 bridgehead atoms. The molecular weight excluding hydrogens is 302 g/mol. The number of hydrogen-bond acceptors (Lipinski definition) is 8. The van der Waals surface area contributed by atoms with Crippen LogP contribution in [0.15, 0.2) is 12.1 Å². The van der Waals surface area contributed by atoms with E-state index in [1.807, 2.05) is 0 Å². The summed E-state index contributed by atoms with van der Waals surface area (Å²) >= 11 is 3.87. The maximum Gasteiger partial charge on any atom is 0.508 e. The molecule has 116 valence electrons. The van der Waals surface area contributed by atoms with Gasteiger partial charge in [-0.25, -0.2) is 4.79 Å². The number of nitro groups is 1. The molecule has 1 aromatic carbocycles. The van der Waals surface area contributed by atoms with Crippen LogP contribution in [0, 0.1) is 10.1 Å². The first-order valence-electron chi connectivity index (χ1n) is 5.83. The highest BCUT2D eigenvalue weighted by Crippen LogP contribution is 2.34. The summed E-state index contributed by atoms with van der Waals surface area (Å²) in [5.74, 6) is 0.863. The lowest BCUT2D eigenvalue weighted by Gasteiger charge is -2.11. The molecule has 0 aliphatic carbocycles. The number of rotatable bonds is 7. The molecule has 21 heavy (non-hydrogen) atoms. The van der Waals surface area contributed by atoms with E-state index in [-0.39, 0.29) is 30.2 Å². The molecule has 0 atom stereocenters. The third-order valence-electron chi connectivity index (χ3n) is 2.44. The fourth-order valence-electron chi connectivity index (χ4n) is 1.50. The van der Waals surface area contributed by atoms with Gasteiger partial charge in [0.05, 0.1) is 30.8 Å².